The van der Waals surface area contributed by atoms with Crippen molar-refractivity contribution in [1.82, 2.24) is 0 Å². The quantitative estimate of drug-likeness (QED) is 0.474. The third-order valence-electron chi connectivity index (χ3n) is 1.98. The van der Waals surface area contributed by atoms with Crippen LogP contribution in [-0.2, 0) is 0 Å². The summed E-state index contributed by atoms with van der Waals surface area (Å²) in [6.07, 6.45) is 0. The zero-order valence-corrected chi connectivity index (χ0v) is 7.42. The van der Waals surface area contributed by atoms with Crippen LogP contribution in [0.4, 0.5) is 5.69 Å². The Labute approximate surface area is 71.2 Å². The molecule has 0 saturated heterocycles. The highest BCUT2D eigenvalue weighted by Crippen LogP contribution is 2.22. The molecule has 1 aromatic carbocycles. The van der Waals surface area contributed by atoms with Crippen LogP contribution in [0.2, 0.25) is 0 Å². The summed E-state index contributed by atoms with van der Waals surface area (Å²) in [7, 11) is 0. The number of nitro benzene ring substituents is 1. The molecule has 0 saturated carbocycles. The van der Waals surface area contributed by atoms with Gasteiger partial charge in [-0.3, -0.25) is 10.1 Å². The summed E-state index contributed by atoms with van der Waals surface area (Å²) in [5.41, 5.74) is 2.88. The first-order valence-corrected chi connectivity index (χ1v) is 3.74. The lowest BCUT2D eigenvalue weighted by atomic mass is 10.1. The van der Waals surface area contributed by atoms with Crippen molar-refractivity contribution in [1.29, 1.82) is 0 Å². The first kappa shape index (κ1) is 8.71. The number of nitrogens with zero attached hydrogens (tertiary/aromatic N) is 1. The molecule has 64 valence electrons. The highest BCUT2D eigenvalue weighted by molar-refractivity contribution is 5.46. The minimum atomic E-state index is -0.338. The summed E-state index contributed by atoms with van der Waals surface area (Å²) < 4.78 is 0. The molecule has 12 heavy (non-hydrogen) atoms. The molecule has 0 radical (unpaired) electrons. The summed E-state index contributed by atoms with van der Waals surface area (Å²) >= 11 is 0. The Morgan fingerprint density at radius 3 is 2.33 bits per heavy atom. The lowest BCUT2D eigenvalue weighted by molar-refractivity contribution is -0.385. The van der Waals surface area contributed by atoms with Crippen LogP contribution in [0.5, 0.6) is 0 Å². The number of hydrogen-bond donors (Lipinski definition) is 0. The Kier molecular flexibility index (Phi) is 2.13. The maximum absolute atomic E-state index is 10.5. The number of nitro groups is 1. The second kappa shape index (κ2) is 2.93. The second-order valence-electron chi connectivity index (χ2n) is 2.98. The average Bonchev–Trinajstić information content (AvgIpc) is 1.96. The lowest BCUT2D eigenvalue weighted by Crippen LogP contribution is -1.94. The smallest absolute Gasteiger partial charge is 0.258 e. The predicted molar refractivity (Wildman–Crippen MR) is 47.3 cm³/mol. The van der Waals surface area contributed by atoms with E-state index in [1.54, 1.807) is 13.0 Å². The van der Waals surface area contributed by atoms with Gasteiger partial charge < -0.3 is 0 Å². The van der Waals surface area contributed by atoms with Crippen LogP contribution in [0.3, 0.4) is 0 Å². The average molecular weight is 165 g/mol. The molecule has 1 rings (SSSR count). The normalized spacial score (nSPS) is 9.92. The molecule has 0 amide bonds. The number of benzene rings is 1. The van der Waals surface area contributed by atoms with Gasteiger partial charge in [-0.05, 0) is 31.9 Å². The van der Waals surface area contributed by atoms with Crippen LogP contribution in [0.15, 0.2) is 12.1 Å². The Balaban J connectivity index is 3.37. The first-order chi connectivity index (χ1) is 5.52. The molecular weight excluding hydrogens is 154 g/mol. The molecule has 3 heteroatoms. The standard InChI is InChI=1S/C9H11NO2/c1-6-4-7(2)8(3)9(5-6)10(11)12/h4-5H,1-3H3. The van der Waals surface area contributed by atoms with Crippen molar-refractivity contribution in [3.05, 3.63) is 38.9 Å². The molecule has 0 fully saturated rings. The van der Waals surface area contributed by atoms with E-state index >= 15 is 0 Å². The van der Waals surface area contributed by atoms with Gasteiger partial charge in [0.2, 0.25) is 0 Å². The molecule has 0 aliphatic carbocycles. The summed E-state index contributed by atoms with van der Waals surface area (Å²) in [5.74, 6) is 0. The van der Waals surface area contributed by atoms with Gasteiger partial charge in [-0.25, -0.2) is 0 Å². The molecule has 0 heterocycles. The van der Waals surface area contributed by atoms with Crippen LogP contribution < -0.4 is 0 Å². The topological polar surface area (TPSA) is 43.1 Å². The van der Waals surface area contributed by atoms with Crippen LogP contribution in [-0.4, -0.2) is 4.92 Å². The summed E-state index contributed by atoms with van der Waals surface area (Å²) in [6, 6.07) is 3.55. The zero-order valence-electron chi connectivity index (χ0n) is 7.42. The van der Waals surface area contributed by atoms with Crippen LogP contribution in [0, 0.1) is 30.9 Å². The molecule has 1 aromatic rings. The van der Waals surface area contributed by atoms with Gasteiger partial charge in [-0.15, -0.1) is 0 Å². The maximum Gasteiger partial charge on any atom is 0.272 e. The summed E-state index contributed by atoms with van der Waals surface area (Å²) in [5, 5.41) is 10.5. The highest BCUT2D eigenvalue weighted by Gasteiger charge is 2.11. The van der Waals surface area contributed by atoms with E-state index in [4.69, 9.17) is 0 Å². The Hall–Kier alpha value is -1.38. The van der Waals surface area contributed by atoms with E-state index in [0.717, 1.165) is 16.7 Å². The van der Waals surface area contributed by atoms with E-state index in [1.807, 2.05) is 19.9 Å². The van der Waals surface area contributed by atoms with Crippen molar-refractivity contribution < 1.29 is 4.92 Å². The van der Waals surface area contributed by atoms with Gasteiger partial charge in [0, 0.05) is 11.6 Å². The fourth-order valence-corrected chi connectivity index (χ4v) is 1.21. The van der Waals surface area contributed by atoms with E-state index in [2.05, 4.69) is 0 Å². The van der Waals surface area contributed by atoms with E-state index in [1.165, 1.54) is 0 Å². The number of aryl methyl sites for hydroxylation is 2. The van der Waals surface area contributed by atoms with Gasteiger partial charge in [0.25, 0.3) is 5.69 Å². The Morgan fingerprint density at radius 1 is 1.25 bits per heavy atom. The number of rotatable bonds is 1. The SMILES string of the molecule is Cc1cc(C)c(C)c([N+](=O)[O-])c1. The van der Waals surface area contributed by atoms with Crippen molar-refractivity contribution in [2.75, 3.05) is 0 Å². The van der Waals surface area contributed by atoms with Crippen molar-refractivity contribution in [3.8, 4) is 0 Å². The Bertz CT molecular complexity index is 332. The summed E-state index contributed by atoms with van der Waals surface area (Å²) in [4.78, 5) is 10.2. The van der Waals surface area contributed by atoms with E-state index in [9.17, 15) is 10.1 Å². The molecule has 0 aliphatic heterocycles. The molecule has 0 atom stereocenters. The molecule has 0 aromatic heterocycles. The largest absolute Gasteiger partial charge is 0.272 e. The fourth-order valence-electron chi connectivity index (χ4n) is 1.21. The van der Waals surface area contributed by atoms with Gasteiger partial charge in [-0.2, -0.15) is 0 Å². The predicted octanol–water partition coefficient (Wildman–Crippen LogP) is 2.52. The zero-order chi connectivity index (χ0) is 9.30. The van der Waals surface area contributed by atoms with Gasteiger partial charge in [0.05, 0.1) is 4.92 Å². The van der Waals surface area contributed by atoms with Gasteiger partial charge >= 0.3 is 0 Å². The number of hydrogen-bond acceptors (Lipinski definition) is 2. The monoisotopic (exact) mass is 165 g/mol. The lowest BCUT2D eigenvalue weighted by Gasteiger charge is -2.02. The van der Waals surface area contributed by atoms with Crippen LogP contribution in [0.25, 0.3) is 0 Å². The van der Waals surface area contributed by atoms with Gasteiger partial charge in [0.15, 0.2) is 0 Å². The molecule has 0 bridgehead atoms. The minimum Gasteiger partial charge on any atom is -0.258 e. The molecular formula is C9H11NO2. The first-order valence-electron chi connectivity index (χ1n) is 3.74. The second-order valence-corrected chi connectivity index (χ2v) is 2.98. The van der Waals surface area contributed by atoms with Crippen molar-refractivity contribution in [3.63, 3.8) is 0 Å². The molecule has 3 nitrogen and oxygen atoms in total. The van der Waals surface area contributed by atoms with E-state index < -0.39 is 0 Å². The van der Waals surface area contributed by atoms with Gasteiger partial charge in [-0.1, -0.05) is 6.07 Å². The minimum absolute atomic E-state index is 0.215. The van der Waals surface area contributed by atoms with Crippen molar-refractivity contribution >= 4 is 5.69 Å². The Morgan fingerprint density at radius 2 is 1.83 bits per heavy atom. The van der Waals surface area contributed by atoms with Crippen molar-refractivity contribution in [2.24, 2.45) is 0 Å². The molecule has 0 spiro atoms. The van der Waals surface area contributed by atoms with Gasteiger partial charge in [0.1, 0.15) is 0 Å². The molecule has 0 unspecified atom stereocenters. The molecule has 0 aliphatic rings. The fraction of sp³-hybridized carbons (Fsp3) is 0.333. The highest BCUT2D eigenvalue weighted by atomic mass is 16.6. The molecule has 0 N–H and O–H groups in total. The van der Waals surface area contributed by atoms with Crippen LogP contribution >= 0.6 is 0 Å². The van der Waals surface area contributed by atoms with E-state index in [0.29, 0.717) is 0 Å². The van der Waals surface area contributed by atoms with E-state index in [-0.39, 0.29) is 10.6 Å². The van der Waals surface area contributed by atoms with Crippen molar-refractivity contribution in [2.45, 2.75) is 20.8 Å². The maximum atomic E-state index is 10.5. The third-order valence-corrected chi connectivity index (χ3v) is 1.98. The van der Waals surface area contributed by atoms with Crippen LogP contribution in [0.1, 0.15) is 16.7 Å². The summed E-state index contributed by atoms with van der Waals surface area (Å²) in [6.45, 7) is 5.52. The third kappa shape index (κ3) is 1.44.